The van der Waals surface area contributed by atoms with E-state index in [2.05, 4.69) is 52.0 Å². The predicted octanol–water partition coefficient (Wildman–Crippen LogP) is 4.03. The average Bonchev–Trinajstić information content (AvgIpc) is 2.84. The fourth-order valence-corrected chi connectivity index (χ4v) is 4.81. The Morgan fingerprint density at radius 1 is 0.938 bits per heavy atom. The molecule has 6 nitrogen and oxygen atoms in total. The zero-order valence-electron chi connectivity index (χ0n) is 18.6. The first-order valence-electron chi connectivity index (χ1n) is 11.2. The number of ether oxygens (including phenoxy) is 1. The van der Waals surface area contributed by atoms with E-state index < -0.39 is 0 Å². The van der Waals surface area contributed by atoms with Gasteiger partial charge in [-0.1, -0.05) is 24.3 Å². The van der Waals surface area contributed by atoms with E-state index in [0.29, 0.717) is 12.0 Å². The van der Waals surface area contributed by atoms with Crippen LogP contribution in [0.15, 0.2) is 54.7 Å². The molecular formula is C26H28N4O2. The number of methoxy groups -OCH3 is 1. The molecule has 0 spiro atoms. The Morgan fingerprint density at radius 2 is 1.66 bits per heavy atom. The maximum Gasteiger partial charge on any atom is 0.225 e. The van der Waals surface area contributed by atoms with Crippen LogP contribution in [0.5, 0.6) is 5.75 Å². The lowest BCUT2D eigenvalue weighted by atomic mass is 9.81. The Morgan fingerprint density at radius 3 is 2.38 bits per heavy atom. The molecule has 164 valence electrons. The van der Waals surface area contributed by atoms with Crippen molar-refractivity contribution in [3.8, 4) is 5.75 Å². The Hall–Kier alpha value is -3.41. The molecule has 1 aliphatic heterocycles. The van der Waals surface area contributed by atoms with Crippen LogP contribution in [0.2, 0.25) is 0 Å². The van der Waals surface area contributed by atoms with Gasteiger partial charge in [-0.05, 0) is 54.7 Å². The molecule has 0 saturated carbocycles. The summed E-state index contributed by atoms with van der Waals surface area (Å²) in [5.74, 6) is 1.94. The summed E-state index contributed by atoms with van der Waals surface area (Å²) in [6.45, 7) is 5.61. The number of aryl methyl sites for hydroxylation is 1. The number of hydrogen-bond donors (Lipinski definition) is 0. The number of rotatable bonds is 4. The summed E-state index contributed by atoms with van der Waals surface area (Å²) in [6, 6.07) is 16.5. The first-order valence-corrected chi connectivity index (χ1v) is 11.2. The molecule has 5 rings (SSSR count). The molecule has 2 heterocycles. The molecule has 1 aromatic heterocycles. The third-order valence-electron chi connectivity index (χ3n) is 6.66. The van der Waals surface area contributed by atoms with Crippen LogP contribution in [-0.2, 0) is 6.42 Å². The number of fused-ring (bicyclic) bond motifs is 1. The van der Waals surface area contributed by atoms with Gasteiger partial charge in [0.2, 0.25) is 5.95 Å². The summed E-state index contributed by atoms with van der Waals surface area (Å²) in [5, 5.41) is 0. The first kappa shape index (κ1) is 20.5. The predicted molar refractivity (Wildman–Crippen MR) is 126 cm³/mol. The Kier molecular flexibility index (Phi) is 5.52. The largest absolute Gasteiger partial charge is 0.497 e. The normalized spacial score (nSPS) is 18.4. The zero-order valence-corrected chi connectivity index (χ0v) is 18.6. The minimum absolute atomic E-state index is 0.148. The molecule has 6 heteroatoms. The second-order valence-electron chi connectivity index (χ2n) is 8.59. The van der Waals surface area contributed by atoms with Crippen molar-refractivity contribution in [2.45, 2.75) is 25.7 Å². The van der Waals surface area contributed by atoms with Crippen LogP contribution in [0, 0.1) is 6.92 Å². The molecule has 1 atom stereocenters. The van der Waals surface area contributed by atoms with Crippen LogP contribution in [0.25, 0.3) is 0 Å². The van der Waals surface area contributed by atoms with Crippen molar-refractivity contribution >= 4 is 17.4 Å². The lowest BCUT2D eigenvalue weighted by Crippen LogP contribution is -2.47. The molecule has 0 N–H and O–H groups in total. The van der Waals surface area contributed by atoms with E-state index in [0.717, 1.165) is 50.0 Å². The first-order chi connectivity index (χ1) is 15.6. The van der Waals surface area contributed by atoms with Crippen LogP contribution in [0.4, 0.5) is 11.6 Å². The third-order valence-corrected chi connectivity index (χ3v) is 6.66. The summed E-state index contributed by atoms with van der Waals surface area (Å²) in [5.41, 5.74) is 5.26. The number of benzene rings is 2. The van der Waals surface area contributed by atoms with Crippen molar-refractivity contribution in [2.24, 2.45) is 0 Å². The molecular weight excluding hydrogens is 400 g/mol. The maximum atomic E-state index is 12.8. The van der Waals surface area contributed by atoms with Gasteiger partial charge < -0.3 is 14.5 Å². The zero-order chi connectivity index (χ0) is 22.1. The number of nitrogens with zero attached hydrogens (tertiary/aromatic N) is 4. The second kappa shape index (κ2) is 8.61. The summed E-state index contributed by atoms with van der Waals surface area (Å²) in [7, 11) is 1.68. The summed E-state index contributed by atoms with van der Waals surface area (Å²) < 4.78 is 5.26. The van der Waals surface area contributed by atoms with Crippen molar-refractivity contribution in [3.63, 3.8) is 0 Å². The Balaban J connectivity index is 1.31. The molecule has 1 aliphatic carbocycles. The molecule has 2 aliphatic rings. The maximum absolute atomic E-state index is 12.8. The van der Waals surface area contributed by atoms with Gasteiger partial charge in [-0.15, -0.1) is 0 Å². The number of piperazine rings is 1. The third kappa shape index (κ3) is 3.93. The van der Waals surface area contributed by atoms with Gasteiger partial charge in [-0.25, -0.2) is 9.97 Å². The Labute approximate surface area is 188 Å². The molecule has 0 bridgehead atoms. The summed E-state index contributed by atoms with van der Waals surface area (Å²) in [4.78, 5) is 26.8. The van der Waals surface area contributed by atoms with E-state index >= 15 is 0 Å². The lowest BCUT2D eigenvalue weighted by Gasteiger charge is -2.36. The van der Waals surface area contributed by atoms with E-state index in [9.17, 15) is 4.79 Å². The summed E-state index contributed by atoms with van der Waals surface area (Å²) >= 11 is 0. The van der Waals surface area contributed by atoms with E-state index in [4.69, 9.17) is 9.72 Å². The number of ketones is 1. The fourth-order valence-electron chi connectivity index (χ4n) is 4.81. The number of aromatic nitrogens is 2. The topological polar surface area (TPSA) is 58.6 Å². The fraction of sp³-hybridized carbons (Fsp3) is 0.346. The van der Waals surface area contributed by atoms with Gasteiger partial charge in [0, 0.05) is 44.5 Å². The van der Waals surface area contributed by atoms with Crippen molar-refractivity contribution < 1.29 is 9.53 Å². The number of carbonyl (C=O) groups is 1. The molecule has 3 aromatic rings. The van der Waals surface area contributed by atoms with E-state index in [1.54, 1.807) is 13.3 Å². The lowest BCUT2D eigenvalue weighted by molar-refractivity contribution is 0.0962. The van der Waals surface area contributed by atoms with Gasteiger partial charge in [0.05, 0.1) is 18.4 Å². The highest BCUT2D eigenvalue weighted by atomic mass is 16.5. The molecule has 0 radical (unpaired) electrons. The monoisotopic (exact) mass is 428 g/mol. The minimum atomic E-state index is 0.148. The standard InChI is InChI=1S/C26H28N4O2/c1-18-5-3-4-6-22(18)19-15-24-23(25(31)16-19)17-27-26(28-24)30-13-11-29(12-14-30)20-7-9-21(32-2)10-8-20/h3-10,17,19H,11-16H2,1-2H3/t19-/m1/s1. The van der Waals surface area contributed by atoms with Crippen LogP contribution in [0.1, 0.15) is 39.5 Å². The molecule has 0 amide bonds. The van der Waals surface area contributed by atoms with Crippen molar-refractivity contribution in [2.75, 3.05) is 43.1 Å². The van der Waals surface area contributed by atoms with E-state index in [1.165, 1.54) is 16.8 Å². The van der Waals surface area contributed by atoms with Gasteiger partial charge in [0.15, 0.2) is 5.78 Å². The highest BCUT2D eigenvalue weighted by Crippen LogP contribution is 2.34. The smallest absolute Gasteiger partial charge is 0.225 e. The van der Waals surface area contributed by atoms with Gasteiger partial charge in [0.1, 0.15) is 5.75 Å². The average molecular weight is 429 g/mol. The highest BCUT2D eigenvalue weighted by molar-refractivity contribution is 5.98. The SMILES string of the molecule is COc1ccc(N2CCN(c3ncc4c(n3)C[C@@H](c3ccccc3C)CC4=O)CC2)cc1. The van der Waals surface area contributed by atoms with E-state index in [-0.39, 0.29) is 11.7 Å². The molecule has 2 aromatic carbocycles. The van der Waals surface area contributed by atoms with Crippen LogP contribution >= 0.6 is 0 Å². The quantitative estimate of drug-likeness (QED) is 0.625. The van der Waals surface area contributed by atoms with Crippen molar-refractivity contribution in [1.29, 1.82) is 0 Å². The van der Waals surface area contributed by atoms with Crippen LogP contribution in [-0.4, -0.2) is 49.0 Å². The van der Waals surface area contributed by atoms with Crippen molar-refractivity contribution in [1.82, 2.24) is 9.97 Å². The summed E-state index contributed by atoms with van der Waals surface area (Å²) in [6.07, 6.45) is 3.05. The van der Waals surface area contributed by atoms with Crippen molar-refractivity contribution in [3.05, 3.63) is 77.1 Å². The van der Waals surface area contributed by atoms with E-state index in [1.807, 2.05) is 18.2 Å². The Bertz CT molecular complexity index is 1120. The van der Waals surface area contributed by atoms with Gasteiger partial charge >= 0.3 is 0 Å². The highest BCUT2D eigenvalue weighted by Gasteiger charge is 2.30. The minimum Gasteiger partial charge on any atom is -0.497 e. The second-order valence-corrected chi connectivity index (χ2v) is 8.59. The molecule has 32 heavy (non-hydrogen) atoms. The number of Topliss-reactive ketones (excluding diaryl/α,β-unsaturated/α-hetero) is 1. The number of hydrogen-bond acceptors (Lipinski definition) is 6. The molecule has 1 saturated heterocycles. The number of carbonyl (C=O) groups excluding carboxylic acids is 1. The molecule has 0 unspecified atom stereocenters. The molecule has 1 fully saturated rings. The van der Waals surface area contributed by atoms with Gasteiger partial charge in [-0.3, -0.25) is 4.79 Å². The van der Waals surface area contributed by atoms with Gasteiger partial charge in [0.25, 0.3) is 0 Å². The number of anilines is 2. The van der Waals surface area contributed by atoms with Crippen LogP contribution in [0.3, 0.4) is 0 Å². The van der Waals surface area contributed by atoms with Gasteiger partial charge in [-0.2, -0.15) is 0 Å². The van der Waals surface area contributed by atoms with Crippen LogP contribution < -0.4 is 14.5 Å².